The Bertz CT molecular complexity index is 163. The van der Waals surface area contributed by atoms with Gasteiger partial charge in [0.15, 0.2) is 5.78 Å². The molecule has 1 heterocycles. The summed E-state index contributed by atoms with van der Waals surface area (Å²) in [6.07, 6.45) is 0.233. The molecule has 0 bridgehead atoms. The minimum Gasteiger partial charge on any atom is -0.481 e. The Kier molecular flexibility index (Phi) is 2.01. The summed E-state index contributed by atoms with van der Waals surface area (Å²) in [5.74, 6) is -2.22. The van der Waals surface area contributed by atoms with Crippen LogP contribution in [0.25, 0.3) is 0 Å². The van der Waals surface area contributed by atoms with Crippen LogP contribution in [0.1, 0.15) is 6.42 Å². The molecule has 1 rings (SSSR count). The number of carbonyl (C=O) groups is 2. The first-order valence-electron chi connectivity index (χ1n) is 3.05. The lowest BCUT2D eigenvalue weighted by Crippen LogP contribution is -2.33. The lowest BCUT2D eigenvalue weighted by Gasteiger charge is -2.16. The summed E-state index contributed by atoms with van der Waals surface area (Å²) in [5, 5.41) is 8.41. The highest BCUT2D eigenvalue weighted by Crippen LogP contribution is 2.08. The Morgan fingerprint density at radius 3 is 2.80 bits per heavy atom. The van der Waals surface area contributed by atoms with Crippen molar-refractivity contribution in [1.29, 1.82) is 0 Å². The number of carbonyl (C=O) groups excluding carboxylic acids is 1. The largest absolute Gasteiger partial charge is 0.481 e. The van der Waals surface area contributed by atoms with Gasteiger partial charge in [0.05, 0.1) is 13.2 Å². The maximum absolute atomic E-state index is 10.8. The molecular weight excluding hydrogens is 136 g/mol. The van der Waals surface area contributed by atoms with E-state index in [0.717, 1.165) is 0 Å². The smallest absolute Gasteiger partial charge is 0.316 e. The highest BCUT2D eigenvalue weighted by atomic mass is 16.5. The number of ketones is 1. The van der Waals surface area contributed by atoms with E-state index in [4.69, 9.17) is 9.84 Å². The molecule has 4 nitrogen and oxygen atoms in total. The molecule has 0 aromatic rings. The summed E-state index contributed by atoms with van der Waals surface area (Å²) in [5.41, 5.74) is 0. The van der Waals surface area contributed by atoms with Crippen LogP contribution in [-0.4, -0.2) is 30.1 Å². The van der Waals surface area contributed by atoms with Crippen molar-refractivity contribution in [3.05, 3.63) is 0 Å². The van der Waals surface area contributed by atoms with Gasteiger partial charge in [0.2, 0.25) is 0 Å². The fourth-order valence-electron chi connectivity index (χ4n) is 0.850. The molecule has 0 radical (unpaired) electrons. The average Bonchev–Trinajstić information content (AvgIpc) is 1.88. The lowest BCUT2D eigenvalue weighted by molar-refractivity contribution is -0.152. The van der Waals surface area contributed by atoms with Crippen molar-refractivity contribution in [2.24, 2.45) is 5.92 Å². The number of Topliss-reactive ketones (excluding diaryl/α,β-unsaturated/α-hetero) is 1. The molecule has 0 aromatic heterocycles. The fourth-order valence-corrected chi connectivity index (χ4v) is 0.850. The Morgan fingerprint density at radius 1 is 1.70 bits per heavy atom. The molecule has 1 aliphatic heterocycles. The van der Waals surface area contributed by atoms with Gasteiger partial charge in [0, 0.05) is 6.42 Å². The molecular formula is C6H8O4. The highest BCUT2D eigenvalue weighted by Gasteiger charge is 2.28. The first-order chi connectivity index (χ1) is 4.72. The number of hydrogen-bond acceptors (Lipinski definition) is 3. The second-order valence-corrected chi connectivity index (χ2v) is 2.18. The number of ether oxygens (including phenoxy) is 1. The average molecular weight is 144 g/mol. The zero-order chi connectivity index (χ0) is 7.56. The predicted molar refractivity (Wildman–Crippen MR) is 31.6 cm³/mol. The standard InChI is InChI=1S/C6H8O4/c7-5-1-2-10-3-4(5)6(8)9/h4H,1-3H2,(H,8,9). The van der Waals surface area contributed by atoms with Crippen molar-refractivity contribution in [2.75, 3.05) is 13.2 Å². The van der Waals surface area contributed by atoms with Crippen molar-refractivity contribution < 1.29 is 19.4 Å². The van der Waals surface area contributed by atoms with Crippen LogP contribution in [0, 0.1) is 5.92 Å². The molecule has 1 saturated heterocycles. The second-order valence-electron chi connectivity index (χ2n) is 2.18. The van der Waals surface area contributed by atoms with Gasteiger partial charge < -0.3 is 9.84 Å². The third kappa shape index (κ3) is 1.33. The molecule has 1 unspecified atom stereocenters. The van der Waals surface area contributed by atoms with Gasteiger partial charge in [-0.05, 0) is 0 Å². The van der Waals surface area contributed by atoms with E-state index in [1.54, 1.807) is 0 Å². The van der Waals surface area contributed by atoms with Gasteiger partial charge in [-0.2, -0.15) is 0 Å². The van der Waals surface area contributed by atoms with E-state index in [-0.39, 0.29) is 18.8 Å². The van der Waals surface area contributed by atoms with Gasteiger partial charge in [0.1, 0.15) is 5.92 Å². The topological polar surface area (TPSA) is 63.6 Å². The molecule has 56 valence electrons. The second kappa shape index (κ2) is 2.79. The van der Waals surface area contributed by atoms with Gasteiger partial charge in [-0.1, -0.05) is 0 Å². The van der Waals surface area contributed by atoms with Gasteiger partial charge >= 0.3 is 5.97 Å². The van der Waals surface area contributed by atoms with E-state index in [2.05, 4.69) is 0 Å². The first-order valence-corrected chi connectivity index (χ1v) is 3.05. The number of carboxylic acid groups (broad SMARTS) is 1. The van der Waals surface area contributed by atoms with Crippen LogP contribution in [0.3, 0.4) is 0 Å². The molecule has 1 aliphatic rings. The number of aliphatic carboxylic acids is 1. The zero-order valence-corrected chi connectivity index (χ0v) is 5.37. The summed E-state index contributed by atoms with van der Waals surface area (Å²) in [6.45, 7) is 0.400. The third-order valence-corrected chi connectivity index (χ3v) is 1.46. The van der Waals surface area contributed by atoms with Crippen LogP contribution in [0.5, 0.6) is 0 Å². The van der Waals surface area contributed by atoms with Gasteiger partial charge in [0.25, 0.3) is 0 Å². The number of carboxylic acids is 1. The highest BCUT2D eigenvalue weighted by molar-refractivity contribution is 5.98. The molecule has 1 N–H and O–H groups in total. The maximum atomic E-state index is 10.8. The van der Waals surface area contributed by atoms with E-state index in [0.29, 0.717) is 6.61 Å². The maximum Gasteiger partial charge on any atom is 0.316 e. The third-order valence-electron chi connectivity index (χ3n) is 1.46. The quantitative estimate of drug-likeness (QED) is 0.512. The molecule has 1 atom stereocenters. The summed E-state index contributed by atoms with van der Waals surface area (Å²) in [4.78, 5) is 21.0. The Morgan fingerprint density at radius 2 is 2.40 bits per heavy atom. The molecule has 4 heteroatoms. The molecule has 0 spiro atoms. The van der Waals surface area contributed by atoms with Crippen LogP contribution < -0.4 is 0 Å². The van der Waals surface area contributed by atoms with E-state index < -0.39 is 11.9 Å². The zero-order valence-electron chi connectivity index (χ0n) is 5.37. The minimum absolute atomic E-state index is 0.0359. The Labute approximate surface area is 57.8 Å². The van der Waals surface area contributed by atoms with Crippen LogP contribution in [0.2, 0.25) is 0 Å². The lowest BCUT2D eigenvalue weighted by atomic mass is 10.0. The molecule has 1 fully saturated rings. The molecule has 0 saturated carbocycles. The Balaban J connectivity index is 2.56. The summed E-state index contributed by atoms with van der Waals surface area (Å²) in [6, 6.07) is 0. The van der Waals surface area contributed by atoms with E-state index >= 15 is 0 Å². The van der Waals surface area contributed by atoms with Crippen molar-refractivity contribution in [3.8, 4) is 0 Å². The van der Waals surface area contributed by atoms with Gasteiger partial charge in [-0.25, -0.2) is 0 Å². The molecule has 0 aliphatic carbocycles. The number of hydrogen-bond donors (Lipinski definition) is 1. The summed E-state index contributed by atoms with van der Waals surface area (Å²) < 4.78 is 4.81. The van der Waals surface area contributed by atoms with Crippen molar-refractivity contribution >= 4 is 11.8 Å². The predicted octanol–water partition coefficient (Wildman–Crippen LogP) is -0.323. The van der Waals surface area contributed by atoms with Crippen LogP contribution in [0.15, 0.2) is 0 Å². The SMILES string of the molecule is O=C(O)C1COCCC1=O. The molecule has 0 amide bonds. The van der Waals surface area contributed by atoms with E-state index in [9.17, 15) is 9.59 Å². The van der Waals surface area contributed by atoms with Gasteiger partial charge in [-0.3, -0.25) is 9.59 Å². The number of rotatable bonds is 1. The van der Waals surface area contributed by atoms with E-state index in [1.165, 1.54) is 0 Å². The monoisotopic (exact) mass is 144 g/mol. The Hall–Kier alpha value is -0.900. The van der Waals surface area contributed by atoms with Crippen LogP contribution in [0.4, 0.5) is 0 Å². The van der Waals surface area contributed by atoms with E-state index in [1.807, 2.05) is 0 Å². The first kappa shape index (κ1) is 7.21. The van der Waals surface area contributed by atoms with Crippen LogP contribution in [-0.2, 0) is 14.3 Å². The fraction of sp³-hybridized carbons (Fsp3) is 0.667. The van der Waals surface area contributed by atoms with Gasteiger partial charge in [-0.15, -0.1) is 0 Å². The van der Waals surface area contributed by atoms with Crippen molar-refractivity contribution in [3.63, 3.8) is 0 Å². The molecule has 0 aromatic carbocycles. The van der Waals surface area contributed by atoms with Crippen molar-refractivity contribution in [2.45, 2.75) is 6.42 Å². The summed E-state index contributed by atoms with van der Waals surface area (Å²) >= 11 is 0. The molecule has 10 heavy (non-hydrogen) atoms. The van der Waals surface area contributed by atoms with Crippen molar-refractivity contribution in [1.82, 2.24) is 0 Å². The normalized spacial score (nSPS) is 26.4. The summed E-state index contributed by atoms with van der Waals surface area (Å²) in [7, 11) is 0. The minimum atomic E-state index is -1.08. The van der Waals surface area contributed by atoms with Crippen LogP contribution >= 0.6 is 0 Å².